The first-order valence-corrected chi connectivity index (χ1v) is 13.1. The van der Waals surface area contributed by atoms with Gasteiger partial charge in [-0.1, -0.05) is 36.4 Å². The van der Waals surface area contributed by atoms with Crippen molar-refractivity contribution in [2.24, 2.45) is 0 Å². The second-order valence-electron chi connectivity index (χ2n) is 8.07. The highest BCUT2D eigenvalue weighted by molar-refractivity contribution is 7.93. The molecular formula is C28H28N2O6S. The smallest absolute Gasteiger partial charge is 0.265 e. The van der Waals surface area contributed by atoms with Crippen LogP contribution in [-0.4, -0.2) is 41.7 Å². The Hall–Kier alpha value is -4.24. The fourth-order valence-electron chi connectivity index (χ4n) is 3.92. The van der Waals surface area contributed by atoms with Crippen LogP contribution >= 0.6 is 0 Å². The van der Waals surface area contributed by atoms with Crippen LogP contribution in [0.4, 0.5) is 11.4 Å². The largest absolute Gasteiger partial charge is 0.497 e. The summed E-state index contributed by atoms with van der Waals surface area (Å²) < 4.78 is 45.4. The first-order valence-electron chi connectivity index (χ1n) is 11.6. The number of carbonyl (C=O) groups excluding carboxylic acids is 1. The number of sulfonamides is 1. The number of hydrogen-bond acceptors (Lipinski definition) is 6. The normalized spacial score (nSPS) is 11.1. The van der Waals surface area contributed by atoms with Gasteiger partial charge in [0.15, 0.2) is 0 Å². The summed E-state index contributed by atoms with van der Waals surface area (Å²) in [7, 11) is -1.24. The van der Waals surface area contributed by atoms with Crippen molar-refractivity contribution >= 4 is 38.1 Å². The van der Waals surface area contributed by atoms with Crippen LogP contribution in [0.5, 0.6) is 17.2 Å². The summed E-state index contributed by atoms with van der Waals surface area (Å²) in [5.41, 5.74) is 0.741. The quantitative estimate of drug-likeness (QED) is 0.313. The Bertz CT molecular complexity index is 1480. The van der Waals surface area contributed by atoms with E-state index in [1.807, 2.05) is 25.1 Å². The number of carbonyl (C=O) groups is 1. The minimum atomic E-state index is -4.19. The second kappa shape index (κ2) is 11.2. The molecule has 0 bridgehead atoms. The lowest BCUT2D eigenvalue weighted by Gasteiger charge is -2.25. The molecule has 192 valence electrons. The summed E-state index contributed by atoms with van der Waals surface area (Å²) in [6, 6.07) is 23.8. The van der Waals surface area contributed by atoms with Gasteiger partial charge in [-0.2, -0.15) is 0 Å². The molecule has 0 aliphatic carbocycles. The molecule has 4 aromatic carbocycles. The summed E-state index contributed by atoms with van der Waals surface area (Å²) >= 11 is 0. The molecule has 0 radical (unpaired) electrons. The maximum atomic E-state index is 14.1. The molecule has 1 amide bonds. The van der Waals surface area contributed by atoms with Gasteiger partial charge in [0.25, 0.3) is 10.0 Å². The Morgan fingerprint density at radius 1 is 0.838 bits per heavy atom. The third-order valence-corrected chi connectivity index (χ3v) is 7.51. The van der Waals surface area contributed by atoms with Crippen molar-refractivity contribution in [1.82, 2.24) is 0 Å². The van der Waals surface area contributed by atoms with Crippen LogP contribution < -0.4 is 23.8 Å². The zero-order chi connectivity index (χ0) is 26.4. The van der Waals surface area contributed by atoms with Crippen LogP contribution in [0, 0.1) is 0 Å². The highest BCUT2D eigenvalue weighted by atomic mass is 32.2. The van der Waals surface area contributed by atoms with Gasteiger partial charge in [-0.25, -0.2) is 8.42 Å². The van der Waals surface area contributed by atoms with E-state index in [1.165, 1.54) is 20.3 Å². The van der Waals surface area contributed by atoms with Gasteiger partial charge in [0.05, 0.1) is 31.4 Å². The van der Waals surface area contributed by atoms with Gasteiger partial charge in [-0.05, 0) is 42.6 Å². The fraction of sp³-hybridized carbons (Fsp3) is 0.179. The van der Waals surface area contributed by atoms with Crippen LogP contribution in [0.1, 0.15) is 6.92 Å². The lowest BCUT2D eigenvalue weighted by molar-refractivity contribution is -0.114. The van der Waals surface area contributed by atoms with Crippen molar-refractivity contribution in [2.45, 2.75) is 11.8 Å². The molecule has 37 heavy (non-hydrogen) atoms. The number of benzene rings is 4. The molecule has 0 unspecified atom stereocenters. The minimum Gasteiger partial charge on any atom is -0.497 e. The second-order valence-corrected chi connectivity index (χ2v) is 9.90. The molecule has 1 N–H and O–H groups in total. The summed E-state index contributed by atoms with van der Waals surface area (Å²) in [5.74, 6) is 0.928. The van der Waals surface area contributed by atoms with Crippen LogP contribution in [0.3, 0.4) is 0 Å². The first-order chi connectivity index (χ1) is 17.8. The van der Waals surface area contributed by atoms with Gasteiger partial charge in [0.2, 0.25) is 5.91 Å². The standard InChI is InChI=1S/C28H28N2O6S/c1-4-36-23-14-12-21(13-15-23)29-28(31)19-30(22-16-24(34-2)18-25(17-22)35-3)37(32,33)27-11-7-9-20-8-5-6-10-26(20)27/h5-18H,4,19H2,1-3H3,(H,29,31). The van der Waals surface area contributed by atoms with Crippen molar-refractivity contribution in [2.75, 3.05) is 37.0 Å². The first kappa shape index (κ1) is 25.8. The van der Waals surface area contributed by atoms with E-state index in [9.17, 15) is 13.2 Å². The Balaban J connectivity index is 1.75. The monoisotopic (exact) mass is 520 g/mol. The number of nitrogens with one attached hydrogen (secondary N) is 1. The summed E-state index contributed by atoms with van der Waals surface area (Å²) in [6.45, 7) is 1.93. The van der Waals surface area contributed by atoms with Gasteiger partial charge >= 0.3 is 0 Å². The topological polar surface area (TPSA) is 94.2 Å². The fourth-order valence-corrected chi connectivity index (χ4v) is 5.54. The van der Waals surface area contributed by atoms with Gasteiger partial charge in [-0.15, -0.1) is 0 Å². The number of fused-ring (bicyclic) bond motifs is 1. The third-order valence-electron chi connectivity index (χ3n) is 5.68. The van der Waals surface area contributed by atoms with Crippen molar-refractivity contribution < 1.29 is 27.4 Å². The Morgan fingerprint density at radius 2 is 1.49 bits per heavy atom. The van der Waals surface area contributed by atoms with Crippen LogP contribution in [0.15, 0.2) is 89.8 Å². The van der Waals surface area contributed by atoms with Crippen LogP contribution in [0.2, 0.25) is 0 Å². The number of rotatable bonds is 10. The van der Waals surface area contributed by atoms with E-state index in [1.54, 1.807) is 60.7 Å². The Labute approximate surface area is 216 Å². The summed E-state index contributed by atoms with van der Waals surface area (Å²) in [6.07, 6.45) is 0. The van der Waals surface area contributed by atoms with Crippen LogP contribution in [-0.2, 0) is 14.8 Å². The lowest BCUT2D eigenvalue weighted by Crippen LogP contribution is -2.38. The predicted molar refractivity (Wildman–Crippen MR) is 144 cm³/mol. The molecule has 0 aliphatic rings. The SMILES string of the molecule is CCOc1ccc(NC(=O)CN(c2cc(OC)cc(OC)c2)S(=O)(=O)c2cccc3ccccc23)cc1. The molecule has 4 rings (SSSR count). The molecule has 8 nitrogen and oxygen atoms in total. The maximum Gasteiger partial charge on any atom is 0.265 e. The molecule has 0 aliphatic heterocycles. The molecule has 0 saturated heterocycles. The van der Waals surface area contributed by atoms with Gasteiger partial charge in [0, 0.05) is 29.3 Å². The average molecular weight is 521 g/mol. The van der Waals surface area contributed by atoms with E-state index >= 15 is 0 Å². The van der Waals surface area contributed by atoms with Gasteiger partial charge in [-0.3, -0.25) is 9.10 Å². The highest BCUT2D eigenvalue weighted by Crippen LogP contribution is 2.34. The molecule has 0 spiro atoms. The molecule has 0 saturated carbocycles. The third kappa shape index (κ3) is 5.78. The lowest BCUT2D eigenvalue weighted by atomic mass is 10.1. The molecule has 0 aromatic heterocycles. The number of amides is 1. The molecule has 4 aromatic rings. The number of anilines is 2. The zero-order valence-electron chi connectivity index (χ0n) is 20.8. The van der Waals surface area contributed by atoms with Crippen molar-refractivity contribution in [1.29, 1.82) is 0 Å². The summed E-state index contributed by atoms with van der Waals surface area (Å²) in [4.78, 5) is 13.2. The van der Waals surface area contributed by atoms with E-state index in [0.29, 0.717) is 34.9 Å². The molecular weight excluding hydrogens is 492 g/mol. The zero-order valence-corrected chi connectivity index (χ0v) is 21.6. The minimum absolute atomic E-state index is 0.0845. The summed E-state index contributed by atoms with van der Waals surface area (Å²) in [5, 5.41) is 4.09. The molecule has 0 atom stereocenters. The van der Waals surface area contributed by atoms with Crippen LogP contribution in [0.25, 0.3) is 10.8 Å². The molecule has 9 heteroatoms. The number of ether oxygens (including phenoxy) is 3. The Kier molecular flexibility index (Phi) is 7.83. The number of nitrogens with zero attached hydrogens (tertiary/aromatic N) is 1. The van der Waals surface area contributed by atoms with E-state index in [4.69, 9.17) is 14.2 Å². The maximum absolute atomic E-state index is 14.1. The van der Waals surface area contributed by atoms with Crippen molar-refractivity contribution in [3.05, 3.63) is 84.9 Å². The van der Waals surface area contributed by atoms with Crippen molar-refractivity contribution in [3.8, 4) is 17.2 Å². The highest BCUT2D eigenvalue weighted by Gasteiger charge is 2.29. The average Bonchev–Trinajstić information content (AvgIpc) is 2.92. The van der Waals surface area contributed by atoms with Gasteiger partial charge < -0.3 is 19.5 Å². The van der Waals surface area contributed by atoms with E-state index < -0.39 is 22.5 Å². The number of methoxy groups -OCH3 is 2. The van der Waals surface area contributed by atoms with E-state index in [2.05, 4.69) is 5.32 Å². The van der Waals surface area contributed by atoms with E-state index in [0.717, 1.165) is 9.69 Å². The van der Waals surface area contributed by atoms with Crippen molar-refractivity contribution in [3.63, 3.8) is 0 Å². The molecule has 0 heterocycles. The Morgan fingerprint density at radius 3 is 2.14 bits per heavy atom. The number of hydrogen-bond donors (Lipinski definition) is 1. The van der Waals surface area contributed by atoms with Gasteiger partial charge in [0.1, 0.15) is 23.8 Å². The molecule has 0 fully saturated rings. The van der Waals surface area contributed by atoms with E-state index in [-0.39, 0.29) is 10.6 Å². The predicted octanol–water partition coefficient (Wildman–Crippen LogP) is 5.09.